The van der Waals surface area contributed by atoms with Crippen molar-refractivity contribution in [2.24, 2.45) is 5.73 Å². The fraction of sp³-hybridized carbons (Fsp3) is 0. The summed E-state index contributed by atoms with van der Waals surface area (Å²) >= 11 is 7.25. The van der Waals surface area contributed by atoms with Crippen LogP contribution in [0.25, 0.3) is 0 Å². The highest BCUT2D eigenvalue weighted by molar-refractivity contribution is 7.99. The van der Waals surface area contributed by atoms with Gasteiger partial charge in [0.1, 0.15) is 6.33 Å². The minimum absolute atomic E-state index is 0.273. The number of hydrogen-bond donors (Lipinski definition) is 3. The maximum atomic E-state index is 11.0. The summed E-state index contributed by atoms with van der Waals surface area (Å²) in [7, 11) is 0. The van der Waals surface area contributed by atoms with Gasteiger partial charge in [-0.2, -0.15) is 5.10 Å². The molecule has 1 amide bonds. The van der Waals surface area contributed by atoms with Crippen molar-refractivity contribution in [1.82, 2.24) is 15.2 Å². The highest BCUT2D eigenvalue weighted by atomic mass is 35.5. The molecule has 1 aromatic carbocycles. The average molecular weight is 270 g/mol. The summed E-state index contributed by atoms with van der Waals surface area (Å²) in [5.74, 6) is -0.574. The fourth-order valence-corrected chi connectivity index (χ4v) is 2.27. The number of carbonyl (C=O) groups excluding carboxylic acids is 1. The quantitative estimate of drug-likeness (QED) is 0.727. The number of primary amides is 1. The van der Waals surface area contributed by atoms with E-state index in [1.807, 2.05) is 0 Å². The molecule has 0 unspecified atom stereocenters. The molecule has 2 aromatic rings. The van der Waals surface area contributed by atoms with Crippen molar-refractivity contribution in [2.75, 3.05) is 5.73 Å². The molecule has 5 N–H and O–H groups in total. The van der Waals surface area contributed by atoms with E-state index >= 15 is 0 Å². The zero-order valence-electron chi connectivity index (χ0n) is 8.48. The number of carbonyl (C=O) groups is 1. The lowest BCUT2D eigenvalue weighted by atomic mass is 10.2. The number of aromatic nitrogens is 3. The fourth-order valence-electron chi connectivity index (χ4n) is 1.20. The van der Waals surface area contributed by atoms with Gasteiger partial charge in [-0.1, -0.05) is 11.6 Å². The first-order valence-corrected chi connectivity index (χ1v) is 5.69. The smallest absolute Gasteiger partial charge is 0.248 e. The molecule has 0 spiro atoms. The molecule has 0 saturated heterocycles. The Morgan fingerprint density at radius 2 is 2.24 bits per heavy atom. The van der Waals surface area contributed by atoms with Crippen LogP contribution in [0.4, 0.5) is 5.69 Å². The third kappa shape index (κ3) is 2.51. The monoisotopic (exact) mass is 269 g/mol. The first kappa shape index (κ1) is 11.7. The Kier molecular flexibility index (Phi) is 3.21. The second-order valence-corrected chi connectivity index (χ2v) is 4.54. The second kappa shape index (κ2) is 4.64. The van der Waals surface area contributed by atoms with Gasteiger partial charge < -0.3 is 11.5 Å². The first-order valence-electron chi connectivity index (χ1n) is 4.50. The molecule has 1 aromatic heterocycles. The van der Waals surface area contributed by atoms with Gasteiger partial charge in [-0.3, -0.25) is 9.89 Å². The molecule has 0 aliphatic rings. The molecule has 2 rings (SSSR count). The van der Waals surface area contributed by atoms with Crippen LogP contribution < -0.4 is 11.5 Å². The number of nitrogens with one attached hydrogen (secondary N) is 1. The molecule has 1 heterocycles. The molecular weight excluding hydrogens is 262 g/mol. The van der Waals surface area contributed by atoms with Crippen molar-refractivity contribution in [1.29, 1.82) is 0 Å². The molecule has 0 atom stereocenters. The van der Waals surface area contributed by atoms with Gasteiger partial charge in [0.05, 0.1) is 9.92 Å². The molecule has 0 bridgehead atoms. The molecular formula is C9H8ClN5OS. The zero-order valence-corrected chi connectivity index (χ0v) is 10.0. The normalized spacial score (nSPS) is 10.4. The number of nitrogens with two attached hydrogens (primary N) is 2. The number of benzene rings is 1. The van der Waals surface area contributed by atoms with Crippen LogP contribution in [-0.4, -0.2) is 21.1 Å². The number of nitrogens with zero attached hydrogens (tertiary/aromatic N) is 2. The van der Waals surface area contributed by atoms with E-state index in [9.17, 15) is 4.79 Å². The molecule has 88 valence electrons. The van der Waals surface area contributed by atoms with Gasteiger partial charge in [0, 0.05) is 11.3 Å². The molecule has 0 aliphatic carbocycles. The first-order chi connectivity index (χ1) is 8.08. The van der Waals surface area contributed by atoms with Gasteiger partial charge in [0.2, 0.25) is 5.91 Å². The van der Waals surface area contributed by atoms with E-state index in [1.54, 1.807) is 0 Å². The summed E-state index contributed by atoms with van der Waals surface area (Å²) in [5.41, 5.74) is 11.6. The van der Waals surface area contributed by atoms with Gasteiger partial charge in [0.15, 0.2) is 5.16 Å². The lowest BCUT2D eigenvalue weighted by molar-refractivity contribution is 0.100. The third-order valence-electron chi connectivity index (χ3n) is 1.95. The van der Waals surface area contributed by atoms with Crippen molar-refractivity contribution in [3.05, 3.63) is 29.0 Å². The van der Waals surface area contributed by atoms with E-state index < -0.39 is 5.91 Å². The highest BCUT2D eigenvalue weighted by Crippen LogP contribution is 2.36. The van der Waals surface area contributed by atoms with E-state index in [4.69, 9.17) is 23.1 Å². The summed E-state index contributed by atoms with van der Waals surface area (Å²) < 4.78 is 0. The Balaban J connectivity index is 2.38. The zero-order chi connectivity index (χ0) is 12.4. The van der Waals surface area contributed by atoms with Crippen LogP contribution in [0.15, 0.2) is 28.5 Å². The topological polar surface area (TPSA) is 111 Å². The molecule has 17 heavy (non-hydrogen) atoms. The average Bonchev–Trinajstić information content (AvgIpc) is 2.75. The minimum Gasteiger partial charge on any atom is -0.398 e. The molecule has 0 radical (unpaired) electrons. The Hall–Kier alpha value is -1.73. The predicted molar refractivity (Wildman–Crippen MR) is 64.9 cm³/mol. The molecule has 8 heteroatoms. The van der Waals surface area contributed by atoms with Gasteiger partial charge in [-0.15, -0.1) is 0 Å². The van der Waals surface area contributed by atoms with E-state index in [-0.39, 0.29) is 5.56 Å². The Bertz CT molecular complexity index is 534. The van der Waals surface area contributed by atoms with Crippen molar-refractivity contribution in [3.8, 4) is 0 Å². The summed E-state index contributed by atoms with van der Waals surface area (Å²) in [6, 6.07) is 2.95. The van der Waals surface area contributed by atoms with Crippen LogP contribution >= 0.6 is 23.4 Å². The number of halogens is 1. The molecule has 0 saturated carbocycles. The van der Waals surface area contributed by atoms with Crippen LogP contribution in [0.3, 0.4) is 0 Å². The predicted octanol–water partition coefficient (Wildman–Crippen LogP) is 1.29. The number of nitrogen functional groups attached to an aromatic ring is 1. The second-order valence-electron chi connectivity index (χ2n) is 3.13. The van der Waals surface area contributed by atoms with Crippen molar-refractivity contribution >= 4 is 35.0 Å². The SMILES string of the molecule is NC(=O)c1cc(N)c(Sc2ncn[nH]2)c(Cl)c1. The largest absolute Gasteiger partial charge is 0.398 e. The number of anilines is 1. The minimum atomic E-state index is -0.574. The van der Waals surface area contributed by atoms with Crippen LogP contribution in [0, 0.1) is 0 Å². The summed E-state index contributed by atoms with van der Waals surface area (Å²) in [4.78, 5) is 15.6. The summed E-state index contributed by atoms with van der Waals surface area (Å²) in [6.07, 6.45) is 1.38. The van der Waals surface area contributed by atoms with Gasteiger partial charge in [-0.05, 0) is 23.9 Å². The molecule has 0 fully saturated rings. The third-order valence-corrected chi connectivity index (χ3v) is 3.41. The summed E-state index contributed by atoms with van der Waals surface area (Å²) in [6.45, 7) is 0. The van der Waals surface area contributed by atoms with Crippen molar-refractivity contribution < 1.29 is 4.79 Å². The Morgan fingerprint density at radius 1 is 1.47 bits per heavy atom. The van der Waals surface area contributed by atoms with Crippen molar-refractivity contribution in [3.63, 3.8) is 0 Å². The Labute approximate surface area is 106 Å². The number of rotatable bonds is 3. The van der Waals surface area contributed by atoms with Crippen molar-refractivity contribution in [2.45, 2.75) is 10.1 Å². The van der Waals surface area contributed by atoms with Crippen LogP contribution in [0.5, 0.6) is 0 Å². The Morgan fingerprint density at radius 3 is 2.76 bits per heavy atom. The standard InChI is InChI=1S/C9H8ClN5OS/c10-5-1-4(8(12)16)2-6(11)7(5)17-9-13-3-14-15-9/h1-3H,11H2,(H2,12,16)(H,13,14,15). The van der Waals surface area contributed by atoms with E-state index in [0.29, 0.717) is 20.8 Å². The number of aromatic amines is 1. The van der Waals surface area contributed by atoms with Crippen LogP contribution in [0.2, 0.25) is 5.02 Å². The lowest BCUT2D eigenvalue weighted by Crippen LogP contribution is -2.11. The van der Waals surface area contributed by atoms with Crippen LogP contribution in [0.1, 0.15) is 10.4 Å². The van der Waals surface area contributed by atoms with E-state index in [1.165, 1.54) is 30.2 Å². The van der Waals surface area contributed by atoms with Gasteiger partial charge in [-0.25, -0.2) is 4.98 Å². The summed E-state index contributed by atoms with van der Waals surface area (Å²) in [5, 5.41) is 7.29. The number of hydrogen-bond acceptors (Lipinski definition) is 5. The number of H-pyrrole nitrogens is 1. The highest BCUT2D eigenvalue weighted by Gasteiger charge is 2.12. The maximum absolute atomic E-state index is 11.0. The van der Waals surface area contributed by atoms with E-state index in [2.05, 4.69) is 15.2 Å². The van der Waals surface area contributed by atoms with Gasteiger partial charge in [0.25, 0.3) is 0 Å². The number of amides is 1. The van der Waals surface area contributed by atoms with Crippen LogP contribution in [-0.2, 0) is 0 Å². The molecule has 6 nitrogen and oxygen atoms in total. The lowest BCUT2D eigenvalue weighted by Gasteiger charge is -2.07. The van der Waals surface area contributed by atoms with E-state index in [0.717, 1.165) is 0 Å². The maximum Gasteiger partial charge on any atom is 0.248 e. The molecule has 0 aliphatic heterocycles. The van der Waals surface area contributed by atoms with Gasteiger partial charge >= 0.3 is 0 Å².